The van der Waals surface area contributed by atoms with Crippen LogP contribution in [0.3, 0.4) is 0 Å². The Morgan fingerprint density at radius 2 is 1.80 bits per heavy atom. The Morgan fingerprint density at radius 3 is 2.28 bits per heavy atom. The summed E-state index contributed by atoms with van der Waals surface area (Å²) in [6.45, 7) is 4.38. The van der Waals surface area contributed by atoms with Gasteiger partial charge in [-0.1, -0.05) is 43.1 Å². The summed E-state index contributed by atoms with van der Waals surface area (Å²) in [5.74, 6) is 0.470. The quantitative estimate of drug-likeness (QED) is 0.763. The van der Waals surface area contributed by atoms with Crippen LogP contribution in [-0.4, -0.2) is 24.5 Å². The highest BCUT2D eigenvalue weighted by molar-refractivity contribution is 6.36. The molecule has 1 aromatic carbocycles. The number of carbonyl (C=O) groups excluding carboxylic acids is 2. The number of carbonyl (C=O) groups is 2. The van der Waals surface area contributed by atoms with Crippen LogP contribution in [0.15, 0.2) is 18.2 Å². The molecule has 0 unspecified atom stereocenters. The van der Waals surface area contributed by atoms with E-state index in [0.717, 1.165) is 12.8 Å². The van der Waals surface area contributed by atoms with Gasteiger partial charge >= 0.3 is 5.97 Å². The predicted octanol–water partition coefficient (Wildman–Crippen LogP) is 4.41. The van der Waals surface area contributed by atoms with Gasteiger partial charge in [0.1, 0.15) is 5.54 Å². The zero-order chi connectivity index (χ0) is 18.6. The lowest BCUT2D eigenvalue weighted by Gasteiger charge is -2.39. The topological polar surface area (TPSA) is 55.4 Å². The third-order valence-electron chi connectivity index (χ3n) is 5.18. The number of halogens is 2. The molecule has 1 saturated carbocycles. The number of methoxy groups -OCH3 is 1. The predicted molar refractivity (Wildman–Crippen MR) is 99.9 cm³/mol. The fraction of sp³-hybridized carbons (Fsp3) is 0.579. The van der Waals surface area contributed by atoms with E-state index in [1.54, 1.807) is 18.2 Å². The summed E-state index contributed by atoms with van der Waals surface area (Å²) >= 11 is 12.3. The van der Waals surface area contributed by atoms with Crippen molar-refractivity contribution >= 4 is 35.1 Å². The van der Waals surface area contributed by atoms with E-state index in [9.17, 15) is 9.59 Å². The van der Waals surface area contributed by atoms with E-state index in [1.165, 1.54) is 7.11 Å². The van der Waals surface area contributed by atoms with E-state index >= 15 is 0 Å². The minimum atomic E-state index is -0.953. The number of benzene rings is 1. The summed E-state index contributed by atoms with van der Waals surface area (Å²) in [7, 11) is 1.36. The molecule has 1 fully saturated rings. The van der Waals surface area contributed by atoms with Crippen LogP contribution in [-0.2, 0) is 20.7 Å². The first-order chi connectivity index (χ1) is 11.8. The summed E-state index contributed by atoms with van der Waals surface area (Å²) < 4.78 is 4.98. The molecule has 6 heteroatoms. The Hall–Kier alpha value is -1.26. The van der Waals surface area contributed by atoms with Gasteiger partial charge in [-0.25, -0.2) is 4.79 Å². The first-order valence-electron chi connectivity index (χ1n) is 8.61. The second-order valence-corrected chi connectivity index (χ2v) is 7.89. The van der Waals surface area contributed by atoms with Gasteiger partial charge in [0.2, 0.25) is 5.91 Å². The molecule has 1 aliphatic carbocycles. The SMILES string of the molecule is COC(=O)C1(NC(=O)Cc2c(Cl)cccc2Cl)CCC(C(C)C)CC1. The van der Waals surface area contributed by atoms with Crippen LogP contribution in [0.5, 0.6) is 0 Å². The summed E-state index contributed by atoms with van der Waals surface area (Å²) in [6.07, 6.45) is 2.99. The van der Waals surface area contributed by atoms with E-state index in [2.05, 4.69) is 19.2 Å². The van der Waals surface area contributed by atoms with E-state index in [-0.39, 0.29) is 18.3 Å². The fourth-order valence-corrected chi connectivity index (χ4v) is 4.08. The molecule has 1 amide bonds. The van der Waals surface area contributed by atoms with Gasteiger partial charge in [-0.15, -0.1) is 0 Å². The number of amides is 1. The zero-order valence-electron chi connectivity index (χ0n) is 14.9. The van der Waals surface area contributed by atoms with Gasteiger partial charge in [-0.3, -0.25) is 4.79 Å². The van der Waals surface area contributed by atoms with Gasteiger partial charge < -0.3 is 10.1 Å². The highest BCUT2D eigenvalue weighted by Crippen LogP contribution is 2.37. The van der Waals surface area contributed by atoms with Crippen molar-refractivity contribution in [2.24, 2.45) is 11.8 Å². The first-order valence-corrected chi connectivity index (χ1v) is 9.37. The maximum atomic E-state index is 12.6. The molecule has 0 aromatic heterocycles. The molecule has 1 aliphatic rings. The summed E-state index contributed by atoms with van der Waals surface area (Å²) in [6, 6.07) is 5.12. The molecular formula is C19H25Cl2NO3. The molecular weight excluding hydrogens is 361 g/mol. The van der Waals surface area contributed by atoms with Crippen molar-refractivity contribution in [3.8, 4) is 0 Å². The monoisotopic (exact) mass is 385 g/mol. The molecule has 0 heterocycles. The van der Waals surface area contributed by atoms with Crippen molar-refractivity contribution < 1.29 is 14.3 Å². The van der Waals surface area contributed by atoms with Crippen LogP contribution < -0.4 is 5.32 Å². The van der Waals surface area contributed by atoms with Crippen LogP contribution >= 0.6 is 23.2 Å². The maximum absolute atomic E-state index is 12.6. The van der Waals surface area contributed by atoms with Crippen LogP contribution in [0.1, 0.15) is 45.1 Å². The lowest BCUT2D eigenvalue weighted by atomic mass is 9.72. The molecule has 0 radical (unpaired) electrons. The van der Waals surface area contributed by atoms with Crippen molar-refractivity contribution in [2.75, 3.05) is 7.11 Å². The van der Waals surface area contributed by atoms with Gasteiger partial charge in [0.15, 0.2) is 0 Å². The Labute approximate surface area is 159 Å². The molecule has 1 N–H and O–H groups in total. The van der Waals surface area contributed by atoms with Gasteiger partial charge in [-0.05, 0) is 55.2 Å². The second kappa shape index (κ2) is 8.41. The molecule has 0 atom stereocenters. The molecule has 0 aliphatic heterocycles. The molecule has 2 rings (SSSR count). The largest absolute Gasteiger partial charge is 0.467 e. The Kier molecular flexibility index (Phi) is 6.75. The lowest BCUT2D eigenvalue weighted by Crippen LogP contribution is -2.57. The number of rotatable bonds is 5. The van der Waals surface area contributed by atoms with Crippen LogP contribution in [0.2, 0.25) is 10.0 Å². The van der Waals surface area contributed by atoms with E-state index in [4.69, 9.17) is 27.9 Å². The van der Waals surface area contributed by atoms with Crippen molar-refractivity contribution in [3.63, 3.8) is 0 Å². The standard InChI is InChI=1S/C19H25Cl2NO3/c1-12(2)13-7-9-19(10-8-13,18(24)25-3)22-17(23)11-14-15(20)5-4-6-16(14)21/h4-6,12-13H,7-11H2,1-3H3,(H,22,23). The van der Waals surface area contributed by atoms with Crippen molar-refractivity contribution in [1.82, 2.24) is 5.32 Å². The summed E-state index contributed by atoms with van der Waals surface area (Å²) in [4.78, 5) is 25.0. The van der Waals surface area contributed by atoms with Gasteiger partial charge in [0.05, 0.1) is 13.5 Å². The smallest absolute Gasteiger partial charge is 0.331 e. The van der Waals surface area contributed by atoms with Crippen LogP contribution in [0.25, 0.3) is 0 Å². The molecule has 0 saturated heterocycles. The third kappa shape index (κ3) is 4.68. The van der Waals surface area contributed by atoms with Crippen LogP contribution in [0, 0.1) is 11.8 Å². The zero-order valence-corrected chi connectivity index (χ0v) is 16.4. The lowest BCUT2D eigenvalue weighted by molar-refractivity contribution is -0.153. The van der Waals surface area contributed by atoms with Crippen molar-refractivity contribution in [1.29, 1.82) is 0 Å². The highest BCUT2D eigenvalue weighted by atomic mass is 35.5. The van der Waals surface area contributed by atoms with E-state index < -0.39 is 5.54 Å². The normalized spacial score (nSPS) is 23.4. The average Bonchev–Trinajstić information content (AvgIpc) is 2.58. The van der Waals surface area contributed by atoms with Gasteiger partial charge in [0.25, 0.3) is 0 Å². The number of nitrogens with one attached hydrogen (secondary N) is 1. The van der Waals surface area contributed by atoms with E-state index in [0.29, 0.717) is 40.3 Å². The maximum Gasteiger partial charge on any atom is 0.331 e. The van der Waals surface area contributed by atoms with E-state index in [1.807, 2.05) is 0 Å². The average molecular weight is 386 g/mol. The summed E-state index contributed by atoms with van der Waals surface area (Å²) in [5.41, 5.74) is -0.385. The molecule has 4 nitrogen and oxygen atoms in total. The van der Waals surface area contributed by atoms with Crippen molar-refractivity contribution in [2.45, 2.75) is 51.5 Å². The van der Waals surface area contributed by atoms with Crippen molar-refractivity contribution in [3.05, 3.63) is 33.8 Å². The number of ether oxygens (including phenoxy) is 1. The molecule has 0 bridgehead atoms. The molecule has 1 aromatic rings. The Bertz CT molecular complexity index is 617. The Balaban J connectivity index is 2.12. The van der Waals surface area contributed by atoms with Crippen LogP contribution in [0.4, 0.5) is 0 Å². The minimum Gasteiger partial charge on any atom is -0.467 e. The number of hydrogen-bond donors (Lipinski definition) is 1. The molecule has 25 heavy (non-hydrogen) atoms. The first kappa shape index (κ1) is 20.1. The highest BCUT2D eigenvalue weighted by Gasteiger charge is 2.44. The summed E-state index contributed by atoms with van der Waals surface area (Å²) in [5, 5.41) is 3.80. The minimum absolute atomic E-state index is 0.0326. The second-order valence-electron chi connectivity index (χ2n) is 7.08. The third-order valence-corrected chi connectivity index (χ3v) is 5.89. The fourth-order valence-electron chi connectivity index (χ4n) is 3.55. The Morgan fingerprint density at radius 1 is 1.24 bits per heavy atom. The molecule has 0 spiro atoms. The number of hydrogen-bond acceptors (Lipinski definition) is 3. The van der Waals surface area contributed by atoms with Gasteiger partial charge in [-0.2, -0.15) is 0 Å². The van der Waals surface area contributed by atoms with Gasteiger partial charge in [0, 0.05) is 10.0 Å². The number of esters is 1. The molecule has 138 valence electrons.